The van der Waals surface area contributed by atoms with Crippen LogP contribution < -0.4 is 4.13 Å². The van der Waals surface area contributed by atoms with Crippen molar-refractivity contribution in [2.75, 3.05) is 0 Å². The molecule has 0 radical (unpaired) electrons. The lowest BCUT2D eigenvalue weighted by Crippen LogP contribution is -2.64. The molecule has 0 amide bonds. The van der Waals surface area contributed by atoms with Crippen LogP contribution in [0.25, 0.3) is 0 Å². The van der Waals surface area contributed by atoms with E-state index in [-0.39, 0.29) is 4.13 Å². The Labute approximate surface area is 106 Å². The van der Waals surface area contributed by atoms with Gasteiger partial charge in [-0.1, -0.05) is 0 Å². The Morgan fingerprint density at radius 3 is 1.45 bits per heavy atom. The van der Waals surface area contributed by atoms with Crippen LogP contribution in [0.15, 0.2) is 0 Å². The van der Waals surface area contributed by atoms with E-state index in [1.807, 2.05) is 0 Å². The molecule has 0 aromatic carbocycles. The third-order valence-corrected chi connectivity index (χ3v) is 4.01. The van der Waals surface area contributed by atoms with Crippen molar-refractivity contribution in [3.63, 3.8) is 0 Å². The second-order valence-electron chi connectivity index (χ2n) is 3.00. The minimum absolute atomic E-state index is 0.142. The predicted octanol–water partition coefficient (Wildman–Crippen LogP) is 1.47. The van der Waals surface area contributed by atoms with Crippen molar-refractivity contribution in [3.8, 4) is 0 Å². The molecular weight excluding hydrogens is 361 g/mol. The number of hydrogen-bond acceptors (Lipinski definition) is 3. The lowest BCUT2D eigenvalue weighted by molar-refractivity contribution is -0.382. The first-order valence-electron chi connectivity index (χ1n) is 3.75. The Bertz CT molecular complexity index is 497. The van der Waals surface area contributed by atoms with Crippen LogP contribution in [0.1, 0.15) is 0 Å². The van der Waals surface area contributed by atoms with Gasteiger partial charge in [0.2, 0.25) is 11.3 Å². The Hall–Kier alpha value is -0.610. The van der Waals surface area contributed by atoms with E-state index in [1.54, 1.807) is 0 Å². The molecule has 16 heteroatoms. The predicted molar refractivity (Wildman–Crippen MR) is 43.7 cm³/mol. The first-order chi connectivity index (χ1) is 8.42. The highest BCUT2D eigenvalue weighted by Gasteiger charge is 2.85. The summed E-state index contributed by atoms with van der Waals surface area (Å²) in [7, 11) is -7.02. The van der Waals surface area contributed by atoms with Gasteiger partial charge in [-0.15, -0.1) is 4.13 Å². The largest absolute Gasteiger partial charge is 0.460 e. The molecule has 0 saturated carbocycles. The Morgan fingerprint density at radius 1 is 0.850 bits per heavy atom. The van der Waals surface area contributed by atoms with Gasteiger partial charge in [-0.3, -0.25) is 4.55 Å². The van der Waals surface area contributed by atoms with E-state index in [0.29, 0.717) is 0 Å². The second kappa shape index (κ2) is 4.99. The van der Waals surface area contributed by atoms with Crippen LogP contribution in [0.4, 0.5) is 39.5 Å². The van der Waals surface area contributed by atoms with E-state index in [9.17, 15) is 52.1 Å². The molecule has 0 heterocycles. The second-order valence-corrected chi connectivity index (χ2v) is 5.68. The average Bonchev–Trinajstić information content (AvgIpc) is 2.12. The van der Waals surface area contributed by atoms with Gasteiger partial charge in [-0.05, 0) is 0 Å². The summed E-state index contributed by atoms with van der Waals surface area (Å²) in [6.07, 6.45) is -7.20. The van der Waals surface area contributed by atoms with Crippen molar-refractivity contribution in [2.24, 2.45) is 0 Å². The zero-order valence-electron chi connectivity index (χ0n) is 8.39. The van der Waals surface area contributed by atoms with Crippen LogP contribution in [0.5, 0.6) is 0 Å². The fourth-order valence-electron chi connectivity index (χ4n) is 0.676. The zero-order valence-corrected chi connectivity index (χ0v) is 10.0. The number of rotatable bonds is 5. The molecule has 0 rings (SSSR count). The molecule has 0 aromatic heterocycles. The van der Waals surface area contributed by atoms with Crippen molar-refractivity contribution in [1.82, 2.24) is 4.13 Å². The molecular formula is C4H2F9NO4S2. The minimum atomic E-state index is -7.44. The smallest absolute Gasteiger partial charge is 0.293 e. The summed E-state index contributed by atoms with van der Waals surface area (Å²) in [4.78, 5) is 0. The van der Waals surface area contributed by atoms with E-state index in [0.717, 1.165) is 0 Å². The maximum atomic E-state index is 12.7. The molecule has 5 nitrogen and oxygen atoms in total. The van der Waals surface area contributed by atoms with E-state index in [2.05, 4.69) is 0 Å². The molecule has 0 aromatic rings. The summed E-state index contributed by atoms with van der Waals surface area (Å²) < 4.78 is 149. The standard InChI is InChI=1S/C4H2F9NO4S2/c5-1(6,3(9,10)11)2(7,8)4(12,13)20(17,18)14-19(15)16/h14H,(H,15,16). The fraction of sp³-hybridized carbons (Fsp3) is 1.00. The Balaban J connectivity index is 6.01. The molecule has 122 valence electrons. The van der Waals surface area contributed by atoms with Gasteiger partial charge in [0.25, 0.3) is 10.0 Å². The number of sulfonamides is 1. The topological polar surface area (TPSA) is 83.5 Å². The molecule has 0 fully saturated rings. The minimum Gasteiger partial charge on any atom is -0.293 e. The number of hydrogen-bond donors (Lipinski definition) is 2. The average molecular weight is 363 g/mol. The maximum absolute atomic E-state index is 12.7. The van der Waals surface area contributed by atoms with Crippen LogP contribution in [0.3, 0.4) is 0 Å². The van der Waals surface area contributed by atoms with Gasteiger partial charge in [-0.2, -0.15) is 39.5 Å². The highest BCUT2D eigenvalue weighted by Crippen LogP contribution is 2.54. The van der Waals surface area contributed by atoms with Crippen LogP contribution in [0, 0.1) is 0 Å². The van der Waals surface area contributed by atoms with Crippen LogP contribution in [-0.4, -0.2) is 40.5 Å². The summed E-state index contributed by atoms with van der Waals surface area (Å²) in [5.41, 5.74) is 0. The summed E-state index contributed by atoms with van der Waals surface area (Å²) >= 11 is -3.94. The number of nitrogens with one attached hydrogen (secondary N) is 1. The first kappa shape index (κ1) is 19.4. The normalized spacial score (nSPS) is 17.1. The summed E-state index contributed by atoms with van der Waals surface area (Å²) in [6.45, 7) is 0. The number of alkyl halides is 9. The molecule has 1 atom stereocenters. The molecule has 0 saturated heterocycles. The van der Waals surface area contributed by atoms with Crippen molar-refractivity contribution < 1.29 is 56.7 Å². The van der Waals surface area contributed by atoms with Gasteiger partial charge in [0.1, 0.15) is 0 Å². The van der Waals surface area contributed by atoms with Gasteiger partial charge >= 0.3 is 23.3 Å². The van der Waals surface area contributed by atoms with Gasteiger partial charge in [0.05, 0.1) is 0 Å². The van der Waals surface area contributed by atoms with Crippen molar-refractivity contribution >= 4 is 21.3 Å². The van der Waals surface area contributed by atoms with Crippen molar-refractivity contribution in [2.45, 2.75) is 23.3 Å². The third-order valence-electron chi connectivity index (χ3n) is 1.63. The molecule has 20 heavy (non-hydrogen) atoms. The Morgan fingerprint density at radius 2 is 1.20 bits per heavy atom. The lowest BCUT2D eigenvalue weighted by atomic mass is 10.1. The van der Waals surface area contributed by atoms with Gasteiger partial charge in [-0.25, -0.2) is 12.6 Å². The Kier molecular flexibility index (Phi) is 4.84. The maximum Gasteiger partial charge on any atom is 0.460 e. The highest BCUT2D eigenvalue weighted by atomic mass is 32.3. The summed E-state index contributed by atoms with van der Waals surface area (Å²) in [5, 5.41) is -7.03. The van der Waals surface area contributed by atoms with Crippen molar-refractivity contribution in [1.29, 1.82) is 0 Å². The van der Waals surface area contributed by atoms with Crippen LogP contribution in [0.2, 0.25) is 0 Å². The molecule has 2 N–H and O–H groups in total. The number of halogens is 9. The lowest BCUT2D eigenvalue weighted by Gasteiger charge is -2.32. The SMILES string of the molecule is O=S(O)NS(=O)(=O)C(F)(F)C(F)(F)C(F)(F)C(F)(F)F. The quantitative estimate of drug-likeness (QED) is 0.572. The van der Waals surface area contributed by atoms with Gasteiger partial charge < -0.3 is 0 Å². The van der Waals surface area contributed by atoms with E-state index >= 15 is 0 Å². The molecule has 0 aliphatic carbocycles. The van der Waals surface area contributed by atoms with E-state index < -0.39 is 44.6 Å². The molecule has 0 bridgehead atoms. The summed E-state index contributed by atoms with van der Waals surface area (Å²) in [5.74, 6) is -14.9. The first-order valence-corrected chi connectivity index (χ1v) is 6.34. The van der Waals surface area contributed by atoms with Gasteiger partial charge in [0.15, 0.2) is 0 Å². The highest BCUT2D eigenvalue weighted by molar-refractivity contribution is 8.00. The van der Waals surface area contributed by atoms with Gasteiger partial charge in [0, 0.05) is 0 Å². The monoisotopic (exact) mass is 363 g/mol. The van der Waals surface area contributed by atoms with E-state index in [1.165, 1.54) is 0 Å². The summed E-state index contributed by atoms with van der Waals surface area (Å²) in [6, 6.07) is 0. The molecule has 0 spiro atoms. The third kappa shape index (κ3) is 2.86. The van der Waals surface area contributed by atoms with E-state index in [4.69, 9.17) is 4.55 Å². The fourth-order valence-corrected chi connectivity index (χ4v) is 2.31. The van der Waals surface area contributed by atoms with Crippen molar-refractivity contribution in [3.05, 3.63) is 0 Å². The molecule has 0 aliphatic heterocycles. The van der Waals surface area contributed by atoms with Crippen LogP contribution in [-0.2, 0) is 21.3 Å². The zero-order chi connectivity index (χ0) is 16.8. The molecule has 1 unspecified atom stereocenters. The van der Waals surface area contributed by atoms with Crippen LogP contribution >= 0.6 is 0 Å². The molecule has 0 aliphatic rings.